The predicted octanol–water partition coefficient (Wildman–Crippen LogP) is 1.30. The van der Waals surface area contributed by atoms with Gasteiger partial charge < -0.3 is 9.88 Å². The van der Waals surface area contributed by atoms with Crippen LogP contribution in [0.25, 0.3) is 0 Å². The van der Waals surface area contributed by atoms with E-state index in [-0.39, 0.29) is 0 Å². The minimum Gasteiger partial charge on any atom is -0.375 e. The minimum absolute atomic E-state index is 0.573. The monoisotopic (exact) mass is 213 g/mol. The first kappa shape index (κ1) is 10.2. The lowest BCUT2D eigenvalue weighted by atomic mass is 10.2. The molecule has 0 saturated carbocycles. The third-order valence-electron chi connectivity index (χ3n) is 2.30. The van der Waals surface area contributed by atoms with Gasteiger partial charge in [0.15, 0.2) is 0 Å². The van der Waals surface area contributed by atoms with E-state index in [1.165, 1.54) is 0 Å². The first-order chi connectivity index (χ1) is 7.81. The third-order valence-corrected chi connectivity index (χ3v) is 2.30. The van der Waals surface area contributed by atoms with Gasteiger partial charge in [-0.1, -0.05) is 0 Å². The molecule has 0 amide bonds. The van der Waals surface area contributed by atoms with Crippen LogP contribution in [0.5, 0.6) is 0 Å². The first-order valence-electron chi connectivity index (χ1n) is 4.85. The molecule has 0 unspecified atom stereocenters. The molecule has 0 spiro atoms. The summed E-state index contributed by atoms with van der Waals surface area (Å²) in [7, 11) is 1.93. The molecule has 16 heavy (non-hydrogen) atoms. The summed E-state index contributed by atoms with van der Waals surface area (Å²) in [4.78, 5) is 8.16. The molecular formula is C11H11N5. The number of hydrogen-bond acceptors (Lipinski definition) is 4. The molecule has 0 bridgehead atoms. The van der Waals surface area contributed by atoms with Gasteiger partial charge in [0.25, 0.3) is 0 Å². The maximum absolute atomic E-state index is 8.89. The Bertz CT molecular complexity index is 523. The van der Waals surface area contributed by atoms with E-state index in [2.05, 4.69) is 21.4 Å². The van der Waals surface area contributed by atoms with Crippen molar-refractivity contribution in [2.24, 2.45) is 7.05 Å². The van der Waals surface area contributed by atoms with Crippen molar-refractivity contribution >= 4 is 5.69 Å². The van der Waals surface area contributed by atoms with E-state index in [1.807, 2.05) is 17.8 Å². The van der Waals surface area contributed by atoms with Crippen LogP contribution >= 0.6 is 0 Å². The lowest BCUT2D eigenvalue weighted by Gasteiger charge is -2.06. The molecule has 0 fully saturated rings. The molecule has 80 valence electrons. The fraction of sp³-hybridized carbons (Fsp3) is 0.182. The Morgan fingerprint density at radius 2 is 2.38 bits per heavy atom. The van der Waals surface area contributed by atoms with E-state index in [0.29, 0.717) is 12.1 Å². The number of aromatic nitrogens is 3. The van der Waals surface area contributed by atoms with Gasteiger partial charge in [0, 0.05) is 25.6 Å². The molecule has 1 N–H and O–H groups in total. The third kappa shape index (κ3) is 2.01. The smallest absolute Gasteiger partial charge is 0.127 e. The molecule has 2 aromatic heterocycles. The number of aryl methyl sites for hydroxylation is 1. The Morgan fingerprint density at radius 3 is 3.06 bits per heavy atom. The van der Waals surface area contributed by atoms with Gasteiger partial charge >= 0.3 is 0 Å². The Morgan fingerprint density at radius 1 is 1.50 bits per heavy atom. The van der Waals surface area contributed by atoms with Crippen LogP contribution in [0, 0.1) is 11.3 Å². The molecule has 0 aliphatic carbocycles. The molecule has 0 radical (unpaired) electrons. The Balaban J connectivity index is 2.11. The molecule has 0 aliphatic rings. The van der Waals surface area contributed by atoms with Crippen LogP contribution in [-0.4, -0.2) is 14.5 Å². The van der Waals surface area contributed by atoms with Crippen molar-refractivity contribution in [2.75, 3.05) is 5.32 Å². The van der Waals surface area contributed by atoms with Crippen LogP contribution in [0.2, 0.25) is 0 Å². The molecule has 2 heterocycles. The molecule has 2 aromatic rings. The largest absolute Gasteiger partial charge is 0.375 e. The lowest BCUT2D eigenvalue weighted by molar-refractivity contribution is 0.812. The van der Waals surface area contributed by atoms with Crippen molar-refractivity contribution in [3.8, 4) is 6.07 Å². The summed E-state index contributed by atoms with van der Waals surface area (Å²) in [5, 5.41) is 12.0. The number of anilines is 1. The number of hydrogen-bond donors (Lipinski definition) is 1. The van der Waals surface area contributed by atoms with Gasteiger partial charge in [0.05, 0.1) is 24.0 Å². The number of nitrogens with zero attached hydrogens (tertiary/aromatic N) is 4. The maximum Gasteiger partial charge on any atom is 0.127 e. The van der Waals surface area contributed by atoms with Gasteiger partial charge in [0.2, 0.25) is 0 Å². The van der Waals surface area contributed by atoms with Crippen LogP contribution in [-0.2, 0) is 13.6 Å². The Kier molecular flexibility index (Phi) is 2.83. The molecule has 0 saturated heterocycles. The van der Waals surface area contributed by atoms with Gasteiger partial charge in [-0.3, -0.25) is 4.98 Å². The highest BCUT2D eigenvalue weighted by Crippen LogP contribution is 2.12. The van der Waals surface area contributed by atoms with Crippen molar-refractivity contribution in [3.63, 3.8) is 0 Å². The zero-order valence-corrected chi connectivity index (χ0v) is 8.88. The molecule has 0 aromatic carbocycles. The first-order valence-corrected chi connectivity index (χ1v) is 4.85. The van der Waals surface area contributed by atoms with E-state index in [0.717, 1.165) is 11.5 Å². The van der Waals surface area contributed by atoms with E-state index in [1.54, 1.807) is 24.7 Å². The van der Waals surface area contributed by atoms with E-state index in [9.17, 15) is 0 Å². The number of rotatable bonds is 3. The van der Waals surface area contributed by atoms with Crippen LogP contribution in [0.4, 0.5) is 5.69 Å². The summed E-state index contributed by atoms with van der Waals surface area (Å²) in [5.41, 5.74) is 1.32. The summed E-state index contributed by atoms with van der Waals surface area (Å²) >= 11 is 0. The molecule has 0 aliphatic heterocycles. The van der Waals surface area contributed by atoms with Gasteiger partial charge in [-0.25, -0.2) is 4.98 Å². The number of nitriles is 1. The van der Waals surface area contributed by atoms with Crippen molar-refractivity contribution in [1.82, 2.24) is 14.5 Å². The van der Waals surface area contributed by atoms with E-state index in [4.69, 9.17) is 5.26 Å². The fourth-order valence-corrected chi connectivity index (χ4v) is 1.37. The topological polar surface area (TPSA) is 66.5 Å². The van der Waals surface area contributed by atoms with Crippen molar-refractivity contribution in [2.45, 2.75) is 6.54 Å². The standard InChI is InChI=1S/C11H11N5/c1-16-5-4-14-11(16)8-15-10-7-13-3-2-9(10)6-12/h2-5,7,15H,8H2,1H3. The molecule has 2 rings (SSSR count). The molecular weight excluding hydrogens is 202 g/mol. The maximum atomic E-state index is 8.89. The second-order valence-corrected chi connectivity index (χ2v) is 3.34. The average Bonchev–Trinajstić information content (AvgIpc) is 2.72. The molecule has 5 heteroatoms. The quantitative estimate of drug-likeness (QED) is 0.834. The average molecular weight is 213 g/mol. The Hall–Kier alpha value is -2.35. The summed E-state index contributed by atoms with van der Waals surface area (Å²) in [6, 6.07) is 3.79. The minimum atomic E-state index is 0.573. The highest BCUT2D eigenvalue weighted by Gasteiger charge is 2.02. The Labute approximate surface area is 93.4 Å². The fourth-order valence-electron chi connectivity index (χ4n) is 1.37. The van der Waals surface area contributed by atoms with Gasteiger partial charge in [0.1, 0.15) is 11.9 Å². The molecule has 5 nitrogen and oxygen atoms in total. The van der Waals surface area contributed by atoms with Crippen LogP contribution in [0.15, 0.2) is 30.9 Å². The van der Waals surface area contributed by atoms with Gasteiger partial charge in [-0.2, -0.15) is 5.26 Å². The summed E-state index contributed by atoms with van der Waals surface area (Å²) in [6.07, 6.45) is 6.86. The summed E-state index contributed by atoms with van der Waals surface area (Å²) in [6.45, 7) is 0.573. The van der Waals surface area contributed by atoms with Crippen LogP contribution in [0.1, 0.15) is 11.4 Å². The van der Waals surface area contributed by atoms with Gasteiger partial charge in [-0.05, 0) is 6.07 Å². The zero-order chi connectivity index (χ0) is 11.4. The number of nitrogens with one attached hydrogen (secondary N) is 1. The second kappa shape index (κ2) is 4.45. The van der Waals surface area contributed by atoms with Crippen molar-refractivity contribution < 1.29 is 0 Å². The normalized spacial score (nSPS) is 9.75. The highest BCUT2D eigenvalue weighted by atomic mass is 15.1. The van der Waals surface area contributed by atoms with E-state index < -0.39 is 0 Å². The van der Waals surface area contributed by atoms with Gasteiger partial charge in [-0.15, -0.1) is 0 Å². The number of pyridine rings is 1. The predicted molar refractivity (Wildman–Crippen MR) is 59.5 cm³/mol. The highest BCUT2D eigenvalue weighted by molar-refractivity contribution is 5.55. The zero-order valence-electron chi connectivity index (χ0n) is 8.88. The number of imidazole rings is 1. The van der Waals surface area contributed by atoms with Crippen molar-refractivity contribution in [3.05, 3.63) is 42.2 Å². The SMILES string of the molecule is Cn1ccnc1CNc1cnccc1C#N. The summed E-state index contributed by atoms with van der Waals surface area (Å²) < 4.78 is 1.93. The second-order valence-electron chi connectivity index (χ2n) is 3.34. The van der Waals surface area contributed by atoms with Crippen molar-refractivity contribution in [1.29, 1.82) is 5.26 Å². The van der Waals surface area contributed by atoms with Crippen LogP contribution < -0.4 is 5.32 Å². The summed E-state index contributed by atoms with van der Waals surface area (Å²) in [5.74, 6) is 0.910. The van der Waals surface area contributed by atoms with E-state index >= 15 is 0 Å². The van der Waals surface area contributed by atoms with Crippen LogP contribution in [0.3, 0.4) is 0 Å². The lowest BCUT2D eigenvalue weighted by Crippen LogP contribution is -2.06. The molecule has 0 atom stereocenters.